The molecule has 2 rings (SSSR count). The smallest absolute Gasteiger partial charge is 0.316 e. The number of halogens is 1. The SMILES string of the molecule is NC(=O)Nc1ccc(CNC(=O)CCC(=O)c2ccc(Cl)cc2)cc1. The van der Waals surface area contributed by atoms with Gasteiger partial charge >= 0.3 is 6.03 Å². The molecule has 25 heavy (non-hydrogen) atoms. The summed E-state index contributed by atoms with van der Waals surface area (Å²) in [6.07, 6.45) is 0.248. The summed E-state index contributed by atoms with van der Waals surface area (Å²) in [7, 11) is 0. The maximum absolute atomic E-state index is 12.0. The third-order valence-electron chi connectivity index (χ3n) is 3.46. The molecule has 0 fully saturated rings. The van der Waals surface area contributed by atoms with Gasteiger partial charge in [0.15, 0.2) is 5.78 Å². The molecule has 0 aliphatic carbocycles. The van der Waals surface area contributed by atoms with Crippen molar-refractivity contribution in [1.82, 2.24) is 5.32 Å². The van der Waals surface area contributed by atoms with Crippen molar-refractivity contribution < 1.29 is 14.4 Å². The molecular weight excluding hydrogens is 342 g/mol. The summed E-state index contributed by atoms with van der Waals surface area (Å²) < 4.78 is 0. The number of hydrogen-bond donors (Lipinski definition) is 3. The van der Waals surface area contributed by atoms with Gasteiger partial charge in [0.05, 0.1) is 0 Å². The Morgan fingerprint density at radius 1 is 0.920 bits per heavy atom. The van der Waals surface area contributed by atoms with Gasteiger partial charge in [0.2, 0.25) is 5.91 Å². The minimum atomic E-state index is -0.633. The Hall–Kier alpha value is -2.86. The molecule has 0 unspecified atom stereocenters. The van der Waals surface area contributed by atoms with E-state index >= 15 is 0 Å². The highest BCUT2D eigenvalue weighted by Crippen LogP contribution is 2.12. The van der Waals surface area contributed by atoms with Gasteiger partial charge < -0.3 is 16.4 Å². The number of benzene rings is 2. The lowest BCUT2D eigenvalue weighted by atomic mass is 10.1. The van der Waals surface area contributed by atoms with Crippen LogP contribution in [-0.2, 0) is 11.3 Å². The van der Waals surface area contributed by atoms with E-state index in [2.05, 4.69) is 10.6 Å². The molecule has 4 N–H and O–H groups in total. The fourth-order valence-electron chi connectivity index (χ4n) is 2.14. The minimum absolute atomic E-state index is 0.103. The Morgan fingerprint density at radius 3 is 2.16 bits per heavy atom. The van der Waals surface area contributed by atoms with E-state index in [1.54, 1.807) is 48.5 Å². The highest BCUT2D eigenvalue weighted by Gasteiger charge is 2.09. The molecule has 0 spiro atoms. The molecular formula is C18H18ClN3O3. The van der Waals surface area contributed by atoms with Crippen molar-refractivity contribution in [2.45, 2.75) is 19.4 Å². The van der Waals surface area contributed by atoms with Crippen LogP contribution < -0.4 is 16.4 Å². The predicted octanol–water partition coefficient (Wildman–Crippen LogP) is 3.11. The van der Waals surface area contributed by atoms with E-state index in [0.717, 1.165) is 5.56 Å². The standard InChI is InChI=1S/C18H18ClN3O3/c19-14-5-3-13(4-6-14)16(23)9-10-17(24)21-11-12-1-7-15(8-2-12)22-18(20)25/h1-8H,9-11H2,(H,21,24)(H3,20,22,25). The zero-order valence-electron chi connectivity index (χ0n) is 13.4. The van der Waals surface area contributed by atoms with Crippen LogP contribution in [-0.4, -0.2) is 17.7 Å². The van der Waals surface area contributed by atoms with Crippen molar-refractivity contribution >= 4 is 35.0 Å². The van der Waals surface area contributed by atoms with Crippen LogP contribution >= 0.6 is 11.6 Å². The summed E-state index contributed by atoms with van der Waals surface area (Å²) in [5.41, 5.74) is 7.01. The van der Waals surface area contributed by atoms with Crippen LogP contribution in [0.3, 0.4) is 0 Å². The average Bonchev–Trinajstić information content (AvgIpc) is 2.59. The quantitative estimate of drug-likeness (QED) is 0.662. The van der Waals surface area contributed by atoms with Crippen LogP contribution in [0.1, 0.15) is 28.8 Å². The van der Waals surface area contributed by atoms with E-state index in [-0.39, 0.29) is 24.5 Å². The Balaban J connectivity index is 1.75. The van der Waals surface area contributed by atoms with Gasteiger partial charge in [-0.15, -0.1) is 0 Å². The zero-order valence-corrected chi connectivity index (χ0v) is 14.2. The number of rotatable bonds is 7. The maximum Gasteiger partial charge on any atom is 0.316 e. The van der Waals surface area contributed by atoms with Gasteiger partial charge in [-0.3, -0.25) is 9.59 Å². The highest BCUT2D eigenvalue weighted by atomic mass is 35.5. The number of carbonyl (C=O) groups excluding carboxylic acids is 3. The van der Waals surface area contributed by atoms with E-state index in [1.165, 1.54) is 0 Å². The summed E-state index contributed by atoms with van der Waals surface area (Å²) in [5.74, 6) is -0.310. The number of nitrogens with one attached hydrogen (secondary N) is 2. The lowest BCUT2D eigenvalue weighted by molar-refractivity contribution is -0.121. The number of Topliss-reactive ketones (excluding diaryl/α,β-unsaturated/α-hetero) is 1. The topological polar surface area (TPSA) is 101 Å². The molecule has 2 aromatic rings. The fourth-order valence-corrected chi connectivity index (χ4v) is 2.27. The molecule has 0 saturated heterocycles. The molecule has 6 nitrogen and oxygen atoms in total. The number of urea groups is 1. The lowest BCUT2D eigenvalue weighted by Gasteiger charge is -2.07. The van der Waals surface area contributed by atoms with Crippen molar-refractivity contribution in [1.29, 1.82) is 0 Å². The molecule has 0 aliphatic rings. The van der Waals surface area contributed by atoms with Gasteiger partial charge in [-0.25, -0.2) is 4.79 Å². The second-order valence-electron chi connectivity index (χ2n) is 5.39. The second kappa shape index (κ2) is 8.84. The van der Waals surface area contributed by atoms with Gasteiger partial charge in [0.1, 0.15) is 0 Å². The summed E-state index contributed by atoms with van der Waals surface area (Å²) in [4.78, 5) is 34.6. The molecule has 0 radical (unpaired) electrons. The summed E-state index contributed by atoms with van der Waals surface area (Å²) in [5, 5.41) is 5.77. The third kappa shape index (κ3) is 6.27. The Labute approximate surface area is 150 Å². The van der Waals surface area contributed by atoms with Crippen LogP contribution in [0.4, 0.5) is 10.5 Å². The number of ketones is 1. The van der Waals surface area contributed by atoms with E-state index < -0.39 is 6.03 Å². The summed E-state index contributed by atoms with van der Waals surface area (Å²) in [6, 6.07) is 12.9. The molecule has 0 bridgehead atoms. The van der Waals surface area contributed by atoms with Crippen LogP contribution in [0.2, 0.25) is 5.02 Å². The normalized spacial score (nSPS) is 10.1. The van der Waals surface area contributed by atoms with E-state index in [4.69, 9.17) is 17.3 Å². The predicted molar refractivity (Wildman–Crippen MR) is 96.5 cm³/mol. The molecule has 0 aliphatic heterocycles. The average molecular weight is 360 g/mol. The molecule has 3 amide bonds. The van der Waals surface area contributed by atoms with Crippen molar-refractivity contribution in [2.75, 3.05) is 5.32 Å². The Bertz CT molecular complexity index is 758. The molecule has 2 aromatic carbocycles. The molecule has 0 atom stereocenters. The molecule has 0 aromatic heterocycles. The number of hydrogen-bond acceptors (Lipinski definition) is 3. The van der Waals surface area contributed by atoms with Crippen LogP contribution in [0.15, 0.2) is 48.5 Å². The maximum atomic E-state index is 12.0. The van der Waals surface area contributed by atoms with Gasteiger partial charge in [-0.2, -0.15) is 0 Å². The van der Waals surface area contributed by atoms with Crippen LogP contribution in [0.5, 0.6) is 0 Å². The number of anilines is 1. The zero-order chi connectivity index (χ0) is 18.2. The first-order valence-electron chi connectivity index (χ1n) is 7.65. The van der Waals surface area contributed by atoms with Crippen molar-refractivity contribution in [3.8, 4) is 0 Å². The van der Waals surface area contributed by atoms with E-state index in [0.29, 0.717) is 22.8 Å². The fraction of sp³-hybridized carbons (Fsp3) is 0.167. The second-order valence-corrected chi connectivity index (χ2v) is 5.83. The van der Waals surface area contributed by atoms with E-state index in [1.807, 2.05) is 0 Å². The van der Waals surface area contributed by atoms with Crippen molar-refractivity contribution in [3.05, 3.63) is 64.7 Å². The highest BCUT2D eigenvalue weighted by molar-refractivity contribution is 6.30. The number of carbonyl (C=O) groups is 3. The van der Waals surface area contributed by atoms with Crippen molar-refractivity contribution in [2.24, 2.45) is 5.73 Å². The molecule has 0 heterocycles. The van der Waals surface area contributed by atoms with Crippen molar-refractivity contribution in [3.63, 3.8) is 0 Å². The lowest BCUT2D eigenvalue weighted by Crippen LogP contribution is -2.23. The number of amides is 3. The Kier molecular flexibility index (Phi) is 6.54. The Morgan fingerprint density at radius 2 is 1.56 bits per heavy atom. The van der Waals surface area contributed by atoms with Crippen LogP contribution in [0.25, 0.3) is 0 Å². The van der Waals surface area contributed by atoms with Gasteiger partial charge in [0, 0.05) is 35.7 Å². The van der Waals surface area contributed by atoms with Gasteiger partial charge in [-0.1, -0.05) is 23.7 Å². The molecule has 0 saturated carbocycles. The van der Waals surface area contributed by atoms with Crippen LogP contribution in [0, 0.1) is 0 Å². The first-order chi connectivity index (χ1) is 11.9. The third-order valence-corrected chi connectivity index (χ3v) is 3.71. The number of nitrogens with two attached hydrogens (primary N) is 1. The summed E-state index contributed by atoms with van der Waals surface area (Å²) >= 11 is 5.78. The molecule has 130 valence electrons. The first-order valence-corrected chi connectivity index (χ1v) is 8.02. The molecule has 7 heteroatoms. The number of primary amides is 1. The van der Waals surface area contributed by atoms with E-state index in [9.17, 15) is 14.4 Å². The summed E-state index contributed by atoms with van der Waals surface area (Å²) in [6.45, 7) is 0.338. The van der Waals surface area contributed by atoms with Gasteiger partial charge in [-0.05, 0) is 42.0 Å². The van der Waals surface area contributed by atoms with Gasteiger partial charge in [0.25, 0.3) is 0 Å². The minimum Gasteiger partial charge on any atom is -0.352 e. The largest absolute Gasteiger partial charge is 0.352 e. The monoisotopic (exact) mass is 359 g/mol. The first kappa shape index (κ1) is 18.5.